The number of hydrogen-bond acceptors (Lipinski definition) is 2. The van der Waals surface area contributed by atoms with Gasteiger partial charge in [0.05, 0.1) is 0 Å². The third-order valence-electron chi connectivity index (χ3n) is 2.06. The van der Waals surface area contributed by atoms with Gasteiger partial charge in [0.15, 0.2) is 0 Å². The summed E-state index contributed by atoms with van der Waals surface area (Å²) >= 11 is 5.64. The molecule has 1 aromatic rings. The molecule has 0 atom stereocenters. The zero-order chi connectivity index (χ0) is 12.1. The van der Waals surface area contributed by atoms with Crippen molar-refractivity contribution in [3.63, 3.8) is 0 Å². The molecule has 0 fully saturated rings. The van der Waals surface area contributed by atoms with Gasteiger partial charge >= 0.3 is 6.09 Å². The van der Waals surface area contributed by atoms with Crippen LogP contribution in [0.15, 0.2) is 18.2 Å². The van der Waals surface area contributed by atoms with E-state index in [4.69, 9.17) is 16.3 Å². The normalized spacial score (nSPS) is 10.0. The molecule has 0 aliphatic heterocycles. The van der Waals surface area contributed by atoms with Crippen LogP contribution in [0.3, 0.4) is 0 Å². The predicted octanol–water partition coefficient (Wildman–Crippen LogP) is 3.32. The largest absolute Gasteiger partial charge is 0.415 e. The first-order valence-electron chi connectivity index (χ1n) is 4.99. The Morgan fingerprint density at radius 3 is 2.50 bits per heavy atom. The van der Waals surface area contributed by atoms with E-state index >= 15 is 0 Å². The molecular formula is C11H13ClFNO2. The van der Waals surface area contributed by atoms with Gasteiger partial charge in [0.1, 0.15) is 11.6 Å². The van der Waals surface area contributed by atoms with Crippen LogP contribution in [0, 0.1) is 5.82 Å². The Morgan fingerprint density at radius 1 is 1.38 bits per heavy atom. The molecule has 1 amide bonds. The zero-order valence-corrected chi connectivity index (χ0v) is 9.92. The lowest BCUT2D eigenvalue weighted by molar-refractivity contribution is 0.157. The summed E-state index contributed by atoms with van der Waals surface area (Å²) in [6.07, 6.45) is -0.508. The monoisotopic (exact) mass is 245 g/mol. The number of carbonyl (C=O) groups is 1. The third-order valence-corrected chi connectivity index (χ3v) is 2.28. The highest BCUT2D eigenvalue weighted by molar-refractivity contribution is 6.30. The van der Waals surface area contributed by atoms with Gasteiger partial charge in [-0.05, 0) is 26.0 Å². The molecule has 0 radical (unpaired) electrons. The molecule has 1 rings (SSSR count). The van der Waals surface area contributed by atoms with E-state index in [0.717, 1.165) is 12.1 Å². The van der Waals surface area contributed by atoms with E-state index in [0.29, 0.717) is 13.1 Å². The fourth-order valence-corrected chi connectivity index (χ4v) is 1.45. The molecule has 0 bridgehead atoms. The summed E-state index contributed by atoms with van der Waals surface area (Å²) in [7, 11) is 0. The molecule has 5 heteroatoms. The van der Waals surface area contributed by atoms with E-state index in [9.17, 15) is 9.18 Å². The number of rotatable bonds is 3. The van der Waals surface area contributed by atoms with E-state index < -0.39 is 11.9 Å². The standard InChI is InChI=1S/C11H13ClFNO2/c1-3-14(4-2)11(15)16-10-6-8(12)5-9(13)7-10/h5-7H,3-4H2,1-2H3. The van der Waals surface area contributed by atoms with Crippen molar-refractivity contribution in [3.05, 3.63) is 29.0 Å². The van der Waals surface area contributed by atoms with Crippen LogP contribution in [0.4, 0.5) is 9.18 Å². The summed E-state index contributed by atoms with van der Waals surface area (Å²) in [6, 6.07) is 3.66. The maximum absolute atomic E-state index is 13.0. The predicted molar refractivity (Wildman–Crippen MR) is 60.4 cm³/mol. The van der Waals surface area contributed by atoms with Gasteiger partial charge in [-0.1, -0.05) is 11.6 Å². The number of carbonyl (C=O) groups excluding carboxylic acids is 1. The first-order chi connectivity index (χ1) is 7.56. The van der Waals surface area contributed by atoms with Gasteiger partial charge in [-0.2, -0.15) is 0 Å². The Hall–Kier alpha value is -1.29. The lowest BCUT2D eigenvalue weighted by Gasteiger charge is -2.17. The highest BCUT2D eigenvalue weighted by Gasteiger charge is 2.12. The van der Waals surface area contributed by atoms with Crippen molar-refractivity contribution in [2.24, 2.45) is 0 Å². The number of amides is 1. The van der Waals surface area contributed by atoms with Crippen molar-refractivity contribution >= 4 is 17.7 Å². The fourth-order valence-electron chi connectivity index (χ4n) is 1.23. The van der Waals surface area contributed by atoms with Crippen molar-refractivity contribution in [1.29, 1.82) is 0 Å². The second kappa shape index (κ2) is 5.70. The lowest BCUT2D eigenvalue weighted by atomic mass is 10.3. The summed E-state index contributed by atoms with van der Waals surface area (Å²) in [5.41, 5.74) is 0. The summed E-state index contributed by atoms with van der Waals surface area (Å²) in [4.78, 5) is 13.0. The van der Waals surface area contributed by atoms with Crippen LogP contribution in [-0.4, -0.2) is 24.1 Å². The van der Waals surface area contributed by atoms with Crippen LogP contribution in [0.5, 0.6) is 5.75 Å². The average molecular weight is 246 g/mol. The first kappa shape index (κ1) is 12.8. The van der Waals surface area contributed by atoms with Gasteiger partial charge in [0, 0.05) is 24.2 Å². The summed E-state index contributed by atoms with van der Waals surface area (Å²) < 4.78 is 17.9. The minimum atomic E-state index is -0.533. The first-order valence-corrected chi connectivity index (χ1v) is 5.37. The smallest absolute Gasteiger partial charge is 0.410 e. The molecule has 0 aliphatic carbocycles. The van der Waals surface area contributed by atoms with Crippen LogP contribution >= 0.6 is 11.6 Å². The number of nitrogens with zero attached hydrogens (tertiary/aromatic N) is 1. The number of benzene rings is 1. The van der Waals surface area contributed by atoms with E-state index in [1.807, 2.05) is 13.8 Å². The van der Waals surface area contributed by atoms with Crippen LogP contribution in [0.1, 0.15) is 13.8 Å². The van der Waals surface area contributed by atoms with Crippen LogP contribution in [0.2, 0.25) is 5.02 Å². The minimum Gasteiger partial charge on any atom is -0.410 e. The topological polar surface area (TPSA) is 29.5 Å². The maximum atomic E-state index is 13.0. The summed E-state index contributed by atoms with van der Waals surface area (Å²) in [6.45, 7) is 4.75. The van der Waals surface area contributed by atoms with Gasteiger partial charge in [-0.25, -0.2) is 9.18 Å². The number of hydrogen-bond donors (Lipinski definition) is 0. The second-order valence-electron chi connectivity index (χ2n) is 3.15. The van der Waals surface area contributed by atoms with Gasteiger partial charge in [-0.3, -0.25) is 0 Å². The molecule has 16 heavy (non-hydrogen) atoms. The molecular weight excluding hydrogens is 233 g/mol. The Labute approximate surface area is 98.8 Å². The molecule has 0 saturated carbocycles. The van der Waals surface area contributed by atoms with Gasteiger partial charge in [-0.15, -0.1) is 0 Å². The van der Waals surface area contributed by atoms with E-state index in [-0.39, 0.29) is 10.8 Å². The molecule has 0 N–H and O–H groups in total. The second-order valence-corrected chi connectivity index (χ2v) is 3.58. The SMILES string of the molecule is CCN(CC)C(=O)Oc1cc(F)cc(Cl)c1. The van der Waals surface area contributed by atoms with Crippen molar-refractivity contribution in [3.8, 4) is 5.75 Å². The fraction of sp³-hybridized carbons (Fsp3) is 0.364. The van der Waals surface area contributed by atoms with E-state index in [2.05, 4.69) is 0 Å². The highest BCUT2D eigenvalue weighted by Crippen LogP contribution is 2.20. The zero-order valence-electron chi connectivity index (χ0n) is 9.17. The van der Waals surface area contributed by atoms with E-state index in [1.54, 1.807) is 0 Å². The molecule has 0 heterocycles. The maximum Gasteiger partial charge on any atom is 0.415 e. The molecule has 0 aromatic heterocycles. The Bertz CT molecular complexity index is 360. The lowest BCUT2D eigenvalue weighted by Crippen LogP contribution is -2.33. The Kier molecular flexibility index (Phi) is 4.55. The molecule has 0 aliphatic rings. The Balaban J connectivity index is 2.76. The van der Waals surface area contributed by atoms with Crippen LogP contribution < -0.4 is 4.74 Å². The average Bonchev–Trinajstić information content (AvgIpc) is 2.17. The highest BCUT2D eigenvalue weighted by atomic mass is 35.5. The van der Waals surface area contributed by atoms with Crippen molar-refractivity contribution in [1.82, 2.24) is 4.90 Å². The molecule has 1 aromatic carbocycles. The summed E-state index contributed by atoms with van der Waals surface area (Å²) in [5.74, 6) is -0.420. The van der Waals surface area contributed by atoms with Crippen molar-refractivity contribution in [2.75, 3.05) is 13.1 Å². The van der Waals surface area contributed by atoms with Gasteiger partial charge in [0.2, 0.25) is 0 Å². The van der Waals surface area contributed by atoms with Crippen molar-refractivity contribution < 1.29 is 13.9 Å². The molecule has 0 spiro atoms. The van der Waals surface area contributed by atoms with Gasteiger partial charge in [0.25, 0.3) is 0 Å². The van der Waals surface area contributed by atoms with Crippen LogP contribution in [0.25, 0.3) is 0 Å². The Morgan fingerprint density at radius 2 is 2.00 bits per heavy atom. The third kappa shape index (κ3) is 3.38. The molecule has 0 unspecified atom stereocenters. The molecule has 88 valence electrons. The number of halogens is 2. The quantitative estimate of drug-likeness (QED) is 0.818. The van der Waals surface area contributed by atoms with Gasteiger partial charge < -0.3 is 9.64 Å². The van der Waals surface area contributed by atoms with Crippen LogP contribution in [-0.2, 0) is 0 Å². The van der Waals surface area contributed by atoms with E-state index in [1.165, 1.54) is 11.0 Å². The minimum absolute atomic E-state index is 0.113. The molecule has 3 nitrogen and oxygen atoms in total. The number of ether oxygens (including phenoxy) is 1. The van der Waals surface area contributed by atoms with Crippen molar-refractivity contribution in [2.45, 2.75) is 13.8 Å². The summed E-state index contributed by atoms with van der Waals surface area (Å²) in [5, 5.41) is 0.197. The molecule has 0 saturated heterocycles.